The number of unbranched alkanes of at least 4 members (excludes halogenated alkanes) is 15. The van der Waals surface area contributed by atoms with E-state index in [0.717, 1.165) is 116 Å². The van der Waals surface area contributed by atoms with Crippen LogP contribution in [0.15, 0.2) is 109 Å². The minimum Gasteiger partial charge on any atom is -0.462 e. The lowest BCUT2D eigenvalue weighted by atomic mass is 10.1. The highest BCUT2D eigenvalue weighted by Crippen LogP contribution is 2.43. The summed E-state index contributed by atoms with van der Waals surface area (Å²) in [6.07, 6.45) is 67.1. The minimum atomic E-state index is -4.39. The van der Waals surface area contributed by atoms with E-state index in [0.29, 0.717) is 12.8 Å². The number of hydrogen-bond acceptors (Lipinski definition) is 8. The van der Waals surface area contributed by atoms with Gasteiger partial charge in [0.1, 0.15) is 6.61 Å². The van der Waals surface area contributed by atoms with Gasteiger partial charge in [0.25, 0.3) is 0 Å². The fourth-order valence-electron chi connectivity index (χ4n) is 6.40. The van der Waals surface area contributed by atoms with Crippen LogP contribution in [0, 0.1) is 0 Å². The highest BCUT2D eigenvalue weighted by atomic mass is 31.2. The molecule has 0 aliphatic rings. The first kappa shape index (κ1) is 61.7. The lowest BCUT2D eigenvalue weighted by Gasteiger charge is -2.19. The van der Waals surface area contributed by atoms with Crippen LogP contribution in [0.25, 0.3) is 0 Å². The quantitative estimate of drug-likeness (QED) is 0.0265. The number of rotatable bonds is 46. The Hall–Kier alpha value is -3.33. The predicted octanol–water partition coefficient (Wildman–Crippen LogP) is 15.5. The monoisotopic (exact) mass is 926 g/mol. The van der Waals surface area contributed by atoms with Gasteiger partial charge in [0.05, 0.1) is 13.2 Å². The van der Waals surface area contributed by atoms with Crippen molar-refractivity contribution >= 4 is 19.8 Å². The smallest absolute Gasteiger partial charge is 0.462 e. The van der Waals surface area contributed by atoms with Gasteiger partial charge in [-0.15, -0.1) is 0 Å². The third kappa shape index (κ3) is 49.9. The highest BCUT2D eigenvalue weighted by molar-refractivity contribution is 7.47. The van der Waals surface area contributed by atoms with E-state index in [4.69, 9.17) is 24.3 Å². The fourth-order valence-corrected chi connectivity index (χ4v) is 7.16. The second kappa shape index (κ2) is 50.1. The van der Waals surface area contributed by atoms with Gasteiger partial charge in [-0.1, -0.05) is 194 Å². The van der Waals surface area contributed by atoms with Crippen molar-refractivity contribution in [1.29, 1.82) is 0 Å². The summed E-state index contributed by atoms with van der Waals surface area (Å²) in [5, 5.41) is 0. The van der Waals surface area contributed by atoms with Gasteiger partial charge >= 0.3 is 19.8 Å². The van der Waals surface area contributed by atoms with Crippen molar-refractivity contribution < 1.29 is 37.6 Å². The van der Waals surface area contributed by atoms with Crippen LogP contribution < -0.4 is 5.73 Å². The Morgan fingerprint density at radius 2 is 0.846 bits per heavy atom. The van der Waals surface area contributed by atoms with Crippen LogP contribution in [0.1, 0.15) is 194 Å². The molecule has 2 unspecified atom stereocenters. The molecule has 370 valence electrons. The second-order valence-electron chi connectivity index (χ2n) is 16.3. The summed E-state index contributed by atoms with van der Waals surface area (Å²) in [6, 6.07) is 0. The summed E-state index contributed by atoms with van der Waals surface area (Å²) in [5.74, 6) is -0.858. The maximum Gasteiger partial charge on any atom is 0.472 e. The molecule has 0 saturated heterocycles. The number of nitrogens with two attached hydrogens (primary N) is 1. The van der Waals surface area contributed by atoms with Crippen molar-refractivity contribution in [3.63, 3.8) is 0 Å². The van der Waals surface area contributed by atoms with Crippen LogP contribution >= 0.6 is 7.82 Å². The van der Waals surface area contributed by atoms with Gasteiger partial charge in [0, 0.05) is 19.4 Å². The molecule has 0 aromatic rings. The third-order valence-corrected chi connectivity index (χ3v) is 11.1. The fraction of sp³-hybridized carbons (Fsp3) is 0.636. The minimum absolute atomic E-state index is 0.0456. The van der Waals surface area contributed by atoms with Gasteiger partial charge in [-0.05, 0) is 96.3 Å². The molecule has 0 aromatic carbocycles. The number of esters is 2. The summed E-state index contributed by atoms with van der Waals surface area (Å²) in [4.78, 5) is 34.9. The molecule has 0 rings (SSSR count). The van der Waals surface area contributed by atoms with Crippen molar-refractivity contribution in [1.82, 2.24) is 0 Å². The molecule has 0 spiro atoms. The number of carbonyl (C=O) groups excluding carboxylic acids is 2. The Kier molecular flexibility index (Phi) is 47.5. The molecule has 0 aromatic heterocycles. The zero-order valence-corrected chi connectivity index (χ0v) is 41.8. The summed E-state index contributed by atoms with van der Waals surface area (Å²) in [6.45, 7) is 3.54. The molecule has 65 heavy (non-hydrogen) atoms. The molecule has 0 fully saturated rings. The Balaban J connectivity index is 4.03. The molecule has 2 atom stereocenters. The van der Waals surface area contributed by atoms with E-state index < -0.39 is 32.5 Å². The van der Waals surface area contributed by atoms with Crippen LogP contribution in [0.3, 0.4) is 0 Å². The van der Waals surface area contributed by atoms with E-state index >= 15 is 0 Å². The van der Waals surface area contributed by atoms with Crippen molar-refractivity contribution in [2.45, 2.75) is 200 Å². The van der Waals surface area contributed by atoms with Gasteiger partial charge < -0.3 is 20.1 Å². The molecule has 0 bridgehead atoms. The van der Waals surface area contributed by atoms with Crippen LogP contribution in [-0.2, 0) is 32.7 Å². The van der Waals surface area contributed by atoms with E-state index in [-0.39, 0.29) is 32.6 Å². The molecule has 0 radical (unpaired) electrons. The van der Waals surface area contributed by atoms with Crippen LogP contribution in [0.4, 0.5) is 0 Å². The van der Waals surface area contributed by atoms with E-state index in [9.17, 15) is 19.0 Å². The van der Waals surface area contributed by atoms with E-state index in [1.165, 1.54) is 38.5 Å². The van der Waals surface area contributed by atoms with Gasteiger partial charge in [-0.25, -0.2) is 4.57 Å². The Bertz CT molecular complexity index is 1430. The Morgan fingerprint density at radius 1 is 0.477 bits per heavy atom. The molecule has 0 heterocycles. The van der Waals surface area contributed by atoms with E-state index in [1.54, 1.807) is 0 Å². The lowest BCUT2D eigenvalue weighted by Crippen LogP contribution is -2.29. The molecule has 0 saturated carbocycles. The topological polar surface area (TPSA) is 134 Å². The summed E-state index contributed by atoms with van der Waals surface area (Å²) in [7, 11) is -4.39. The molecule has 10 heteroatoms. The zero-order chi connectivity index (χ0) is 47.4. The van der Waals surface area contributed by atoms with Gasteiger partial charge in [0.2, 0.25) is 0 Å². The maximum absolute atomic E-state index is 12.6. The number of hydrogen-bond donors (Lipinski definition) is 2. The number of phosphoric acid groups is 1. The van der Waals surface area contributed by atoms with Crippen LogP contribution in [-0.4, -0.2) is 49.3 Å². The largest absolute Gasteiger partial charge is 0.472 e. The second-order valence-corrected chi connectivity index (χ2v) is 17.8. The summed E-state index contributed by atoms with van der Waals surface area (Å²) in [5.41, 5.74) is 5.35. The van der Waals surface area contributed by atoms with Crippen molar-refractivity contribution in [3.8, 4) is 0 Å². The molecule has 0 amide bonds. The third-order valence-electron chi connectivity index (χ3n) is 10.1. The molecular weight excluding hydrogens is 834 g/mol. The van der Waals surface area contributed by atoms with Crippen molar-refractivity contribution in [2.75, 3.05) is 26.4 Å². The molecule has 9 nitrogen and oxygen atoms in total. The summed E-state index contributed by atoms with van der Waals surface area (Å²) < 4.78 is 32.8. The molecule has 3 N–H and O–H groups in total. The first-order chi connectivity index (χ1) is 31.8. The Labute approximate surface area is 397 Å². The SMILES string of the molecule is CC/C=C\C/C=C\C/C=C\C/C=C\C/C=C\C/C=C\C/C=C\C/C=C\CCCCCCCCCCC(=O)OC(COC(=O)CCCCCCC/C=C\CCCC)COP(=O)(O)OCCN. The van der Waals surface area contributed by atoms with Gasteiger partial charge in [-0.3, -0.25) is 18.6 Å². The first-order valence-electron chi connectivity index (χ1n) is 25.4. The zero-order valence-electron chi connectivity index (χ0n) is 40.9. The molecule has 0 aliphatic carbocycles. The standard InChI is InChI=1S/C55H92NO8P/c1-3-5-7-9-11-13-15-16-17-18-19-20-21-22-23-24-25-26-27-28-29-30-31-32-33-34-35-36-38-40-42-44-46-48-55(58)64-53(52-63-65(59,60)62-50-49-56)51-61-54(57)47-45-43-41-39-37-14-12-10-8-6-4-2/h5,7,10-13,16-17,19-20,22-23,25-26,28-29,31-32,53H,3-4,6,8-9,14-15,18,21,24,27,30,33-52,56H2,1-2H3,(H,59,60)/b7-5-,12-10-,13-11-,17-16-,20-19-,23-22-,26-25-,29-28-,32-31-. The highest BCUT2D eigenvalue weighted by Gasteiger charge is 2.26. The number of carbonyl (C=O) groups is 2. The number of ether oxygens (including phenoxy) is 2. The van der Waals surface area contributed by atoms with E-state index in [2.05, 4.69) is 123 Å². The van der Waals surface area contributed by atoms with E-state index in [1.807, 2.05) is 0 Å². The number of phosphoric ester groups is 1. The number of allylic oxidation sites excluding steroid dienone is 18. The van der Waals surface area contributed by atoms with Gasteiger partial charge in [-0.2, -0.15) is 0 Å². The lowest BCUT2D eigenvalue weighted by molar-refractivity contribution is -0.161. The normalized spacial score (nSPS) is 14.1. The predicted molar refractivity (Wildman–Crippen MR) is 275 cm³/mol. The Morgan fingerprint density at radius 3 is 1.28 bits per heavy atom. The maximum atomic E-state index is 12.6. The van der Waals surface area contributed by atoms with Crippen LogP contribution in [0.2, 0.25) is 0 Å². The average molecular weight is 926 g/mol. The molecular formula is C55H92NO8P. The van der Waals surface area contributed by atoms with Crippen molar-refractivity contribution in [3.05, 3.63) is 109 Å². The summed E-state index contributed by atoms with van der Waals surface area (Å²) >= 11 is 0. The van der Waals surface area contributed by atoms with Crippen molar-refractivity contribution in [2.24, 2.45) is 5.73 Å². The van der Waals surface area contributed by atoms with Gasteiger partial charge in [0.15, 0.2) is 6.10 Å². The molecule has 0 aliphatic heterocycles. The average Bonchev–Trinajstić information content (AvgIpc) is 3.30. The first-order valence-corrected chi connectivity index (χ1v) is 26.9. The van der Waals surface area contributed by atoms with Crippen LogP contribution in [0.5, 0.6) is 0 Å².